The Bertz CT molecular complexity index is 383. The lowest BCUT2D eigenvalue weighted by molar-refractivity contribution is -0.138. The van der Waals surface area contributed by atoms with Crippen LogP contribution in [0.1, 0.15) is 26.2 Å². The normalized spacial score (nSPS) is 32.8. The number of likely N-dealkylation sites (N-methyl/N-ethyl adjacent to an activating group) is 1. The molecule has 0 aromatic carbocycles. The van der Waals surface area contributed by atoms with Gasteiger partial charge >= 0.3 is 0 Å². The Morgan fingerprint density at radius 1 is 1.44 bits per heavy atom. The summed E-state index contributed by atoms with van der Waals surface area (Å²) in [5.74, 6) is -0.235. The Balaban J connectivity index is 1.91. The average molecular weight is 253 g/mol. The van der Waals surface area contributed by atoms with Gasteiger partial charge in [0.15, 0.2) is 0 Å². The maximum absolute atomic E-state index is 12.0. The van der Waals surface area contributed by atoms with Gasteiger partial charge in [-0.2, -0.15) is 0 Å². The molecule has 2 rings (SSSR count). The highest BCUT2D eigenvalue weighted by atomic mass is 16.2. The number of hydrogen-bond acceptors (Lipinski definition) is 4. The second-order valence-corrected chi connectivity index (χ2v) is 5.19. The van der Waals surface area contributed by atoms with Gasteiger partial charge in [0.05, 0.1) is 12.5 Å². The molecule has 0 bridgehead atoms. The number of likely N-dealkylation sites (tertiary alicyclic amines) is 1. The molecule has 6 heteroatoms. The molecule has 0 aromatic rings. The van der Waals surface area contributed by atoms with Crippen LogP contribution in [-0.4, -0.2) is 48.3 Å². The van der Waals surface area contributed by atoms with E-state index in [2.05, 4.69) is 17.6 Å². The molecular weight excluding hydrogens is 234 g/mol. The van der Waals surface area contributed by atoms with Crippen molar-refractivity contribution in [1.82, 2.24) is 15.5 Å². The van der Waals surface area contributed by atoms with Gasteiger partial charge in [-0.1, -0.05) is 6.92 Å². The van der Waals surface area contributed by atoms with Crippen molar-refractivity contribution in [2.24, 2.45) is 5.92 Å². The summed E-state index contributed by atoms with van der Waals surface area (Å²) in [6.07, 6.45) is 1.91. The lowest BCUT2D eigenvalue weighted by atomic mass is 9.94. The number of carbonyl (C=O) groups excluding carboxylic acids is 3. The molecule has 18 heavy (non-hydrogen) atoms. The van der Waals surface area contributed by atoms with Crippen molar-refractivity contribution in [3.63, 3.8) is 0 Å². The van der Waals surface area contributed by atoms with Crippen LogP contribution in [0.5, 0.6) is 0 Å². The molecule has 0 radical (unpaired) electrons. The van der Waals surface area contributed by atoms with Crippen LogP contribution in [0.4, 0.5) is 0 Å². The minimum atomic E-state index is -0.686. The summed E-state index contributed by atoms with van der Waals surface area (Å²) in [6.45, 7) is 2.93. The van der Waals surface area contributed by atoms with Crippen LogP contribution in [0.2, 0.25) is 0 Å². The molecule has 6 nitrogen and oxygen atoms in total. The van der Waals surface area contributed by atoms with Crippen LogP contribution in [0.3, 0.4) is 0 Å². The third-order valence-electron chi connectivity index (χ3n) is 3.68. The molecule has 100 valence electrons. The Morgan fingerprint density at radius 2 is 2.17 bits per heavy atom. The Hall–Kier alpha value is -1.43. The highest BCUT2D eigenvalue weighted by molar-refractivity contribution is 6.06. The van der Waals surface area contributed by atoms with E-state index in [1.165, 1.54) is 7.05 Å². The fraction of sp³-hybridized carbons (Fsp3) is 0.750. The number of piperidine rings is 1. The summed E-state index contributed by atoms with van der Waals surface area (Å²) in [6, 6.07) is -0.934. The van der Waals surface area contributed by atoms with Crippen LogP contribution < -0.4 is 10.6 Å². The quantitative estimate of drug-likeness (QED) is 0.635. The van der Waals surface area contributed by atoms with E-state index in [-0.39, 0.29) is 30.2 Å². The third-order valence-corrected chi connectivity index (χ3v) is 3.68. The van der Waals surface area contributed by atoms with Crippen molar-refractivity contribution < 1.29 is 14.4 Å². The lowest BCUT2D eigenvalue weighted by Crippen LogP contribution is -2.52. The van der Waals surface area contributed by atoms with Gasteiger partial charge < -0.3 is 10.6 Å². The van der Waals surface area contributed by atoms with E-state index in [1.54, 1.807) is 0 Å². The number of amides is 3. The summed E-state index contributed by atoms with van der Waals surface area (Å²) in [4.78, 5) is 36.1. The van der Waals surface area contributed by atoms with Gasteiger partial charge in [-0.05, 0) is 25.3 Å². The van der Waals surface area contributed by atoms with Crippen molar-refractivity contribution in [3.05, 3.63) is 0 Å². The summed E-state index contributed by atoms with van der Waals surface area (Å²) < 4.78 is 0. The molecule has 0 spiro atoms. The number of hydrogen-bond donors (Lipinski definition) is 2. The molecule has 2 aliphatic rings. The first-order chi connectivity index (χ1) is 8.49. The van der Waals surface area contributed by atoms with Crippen molar-refractivity contribution in [1.29, 1.82) is 0 Å². The number of imide groups is 1. The molecule has 0 aromatic heterocycles. The molecular formula is C12H19N3O3. The maximum atomic E-state index is 12.0. The second kappa shape index (κ2) is 5.06. The van der Waals surface area contributed by atoms with Gasteiger partial charge in [-0.3, -0.25) is 19.3 Å². The molecule has 0 aliphatic carbocycles. The topological polar surface area (TPSA) is 78.5 Å². The minimum Gasteiger partial charge on any atom is -0.342 e. The number of rotatable bonds is 2. The van der Waals surface area contributed by atoms with Crippen LogP contribution in [-0.2, 0) is 14.4 Å². The fourth-order valence-electron chi connectivity index (χ4n) is 2.45. The number of nitrogens with one attached hydrogen (secondary N) is 2. The Morgan fingerprint density at radius 3 is 2.72 bits per heavy atom. The highest BCUT2D eigenvalue weighted by Gasteiger charge is 2.38. The minimum absolute atomic E-state index is 0.0728. The van der Waals surface area contributed by atoms with Gasteiger partial charge in [0, 0.05) is 7.05 Å². The van der Waals surface area contributed by atoms with E-state index in [0.717, 1.165) is 24.3 Å². The molecule has 2 fully saturated rings. The van der Waals surface area contributed by atoms with E-state index in [0.29, 0.717) is 5.92 Å². The predicted octanol–water partition coefficient (Wildman–Crippen LogP) is -0.752. The summed E-state index contributed by atoms with van der Waals surface area (Å²) in [7, 11) is 1.44. The predicted molar refractivity (Wildman–Crippen MR) is 64.5 cm³/mol. The first kappa shape index (κ1) is 13.0. The van der Waals surface area contributed by atoms with E-state index < -0.39 is 6.04 Å². The zero-order valence-electron chi connectivity index (χ0n) is 10.7. The average Bonchev–Trinajstić information content (AvgIpc) is 2.57. The second-order valence-electron chi connectivity index (χ2n) is 5.19. The molecule has 2 saturated heterocycles. The van der Waals surface area contributed by atoms with Gasteiger partial charge in [0.1, 0.15) is 6.04 Å². The fourth-order valence-corrected chi connectivity index (χ4v) is 2.45. The number of carbonyl (C=O) groups is 3. The maximum Gasteiger partial charge on any atom is 0.252 e. The van der Waals surface area contributed by atoms with Crippen molar-refractivity contribution in [3.8, 4) is 0 Å². The standard InChI is InChI=1S/C12H19N3O3/c1-7-3-4-13-8(5-7)11(17)14-9-6-10(16)15(2)12(9)18/h7-9,13H,3-6H2,1-2H3,(H,14,17). The molecule has 2 N–H and O–H groups in total. The van der Waals surface area contributed by atoms with Gasteiger partial charge in [0.2, 0.25) is 11.8 Å². The molecule has 3 unspecified atom stereocenters. The summed E-state index contributed by atoms with van der Waals surface area (Å²) in [5, 5.41) is 5.80. The van der Waals surface area contributed by atoms with Crippen LogP contribution in [0.25, 0.3) is 0 Å². The van der Waals surface area contributed by atoms with Crippen LogP contribution >= 0.6 is 0 Å². The third kappa shape index (κ3) is 2.53. The Kier molecular flexibility index (Phi) is 3.65. The number of nitrogens with zero attached hydrogens (tertiary/aromatic N) is 1. The lowest BCUT2D eigenvalue weighted by Gasteiger charge is -2.27. The smallest absolute Gasteiger partial charge is 0.252 e. The summed E-state index contributed by atoms with van der Waals surface area (Å²) in [5.41, 5.74) is 0. The molecule has 3 atom stereocenters. The molecule has 2 aliphatic heterocycles. The largest absolute Gasteiger partial charge is 0.342 e. The van der Waals surface area contributed by atoms with Crippen LogP contribution in [0.15, 0.2) is 0 Å². The van der Waals surface area contributed by atoms with Crippen molar-refractivity contribution in [2.45, 2.75) is 38.3 Å². The zero-order chi connectivity index (χ0) is 13.3. The van der Waals surface area contributed by atoms with Gasteiger partial charge in [-0.15, -0.1) is 0 Å². The molecule has 3 amide bonds. The first-order valence-corrected chi connectivity index (χ1v) is 6.33. The van der Waals surface area contributed by atoms with Crippen molar-refractivity contribution in [2.75, 3.05) is 13.6 Å². The zero-order valence-corrected chi connectivity index (χ0v) is 10.7. The molecule has 2 heterocycles. The van der Waals surface area contributed by atoms with Gasteiger partial charge in [0.25, 0.3) is 5.91 Å². The summed E-state index contributed by atoms with van der Waals surface area (Å²) >= 11 is 0. The Labute approximate surface area is 106 Å². The SMILES string of the molecule is CC1CCNC(C(=O)NC2CC(=O)N(C)C2=O)C1. The first-order valence-electron chi connectivity index (χ1n) is 6.33. The van der Waals surface area contributed by atoms with Crippen molar-refractivity contribution >= 4 is 17.7 Å². The monoisotopic (exact) mass is 253 g/mol. The van der Waals surface area contributed by atoms with E-state index in [9.17, 15) is 14.4 Å². The van der Waals surface area contributed by atoms with E-state index in [4.69, 9.17) is 0 Å². The van der Waals surface area contributed by atoms with Gasteiger partial charge in [-0.25, -0.2) is 0 Å². The van der Waals surface area contributed by atoms with E-state index in [1.807, 2.05) is 0 Å². The molecule has 0 saturated carbocycles. The highest BCUT2D eigenvalue weighted by Crippen LogP contribution is 2.16. The van der Waals surface area contributed by atoms with E-state index >= 15 is 0 Å². The van der Waals surface area contributed by atoms with Crippen LogP contribution in [0, 0.1) is 5.92 Å².